The molecule has 0 aliphatic carbocycles. The van der Waals surface area contributed by atoms with Gasteiger partial charge in [0.25, 0.3) is 0 Å². The van der Waals surface area contributed by atoms with Gasteiger partial charge in [-0.15, -0.1) is 0 Å². The van der Waals surface area contributed by atoms with Crippen LogP contribution in [0, 0.1) is 12.3 Å². The van der Waals surface area contributed by atoms with Crippen molar-refractivity contribution in [3.05, 3.63) is 29.8 Å². The molecule has 0 bridgehead atoms. The van der Waals surface area contributed by atoms with Crippen molar-refractivity contribution in [2.45, 2.75) is 32.7 Å². The smallest absolute Gasteiger partial charge is 0.320 e. The number of carbonyl (C=O) groups excluding carboxylic acids is 1. The molecule has 1 rings (SSSR count). The molecule has 1 atom stereocenters. The predicted octanol–water partition coefficient (Wildman–Crippen LogP) is 2.22. The average molecular weight is 248 g/mol. The second-order valence-electron chi connectivity index (χ2n) is 4.54. The van der Waals surface area contributed by atoms with Gasteiger partial charge in [0.15, 0.2) is 0 Å². The summed E-state index contributed by atoms with van der Waals surface area (Å²) in [7, 11) is 0. The lowest BCUT2D eigenvalue weighted by Crippen LogP contribution is -2.55. The lowest BCUT2D eigenvalue weighted by atomic mass is 9.98. The summed E-state index contributed by atoms with van der Waals surface area (Å²) in [5, 5.41) is 12.9. The van der Waals surface area contributed by atoms with Crippen molar-refractivity contribution < 1.29 is 4.79 Å². The van der Waals surface area contributed by atoms with Crippen LogP contribution in [0.5, 0.6) is 0 Å². The molecule has 0 radical (unpaired) electrons. The molecule has 98 valence electrons. The molecular formula is C13H20N4O. The quantitative estimate of drug-likeness (QED) is 0.486. The van der Waals surface area contributed by atoms with Crippen LogP contribution in [0.15, 0.2) is 24.3 Å². The van der Waals surface area contributed by atoms with Crippen LogP contribution in [0.2, 0.25) is 0 Å². The van der Waals surface area contributed by atoms with E-state index in [-0.39, 0.29) is 11.9 Å². The molecule has 0 fully saturated rings. The molecule has 0 heterocycles. The molecule has 0 aromatic heterocycles. The number of carbonyl (C=O) groups is 1. The highest BCUT2D eigenvalue weighted by molar-refractivity contribution is 5.96. The van der Waals surface area contributed by atoms with E-state index in [0.29, 0.717) is 12.1 Å². The number of hydrogen-bond donors (Lipinski definition) is 4. The Labute approximate surface area is 107 Å². The number of urea groups is 1. The number of amides is 2. The van der Waals surface area contributed by atoms with Gasteiger partial charge in [-0.3, -0.25) is 5.41 Å². The summed E-state index contributed by atoms with van der Waals surface area (Å²) < 4.78 is 0. The fourth-order valence-electron chi connectivity index (χ4n) is 1.40. The summed E-state index contributed by atoms with van der Waals surface area (Å²) in [6.45, 7) is 5.57. The summed E-state index contributed by atoms with van der Waals surface area (Å²) >= 11 is 0. The van der Waals surface area contributed by atoms with Crippen molar-refractivity contribution in [3.8, 4) is 0 Å². The van der Waals surface area contributed by atoms with E-state index in [9.17, 15) is 4.79 Å². The van der Waals surface area contributed by atoms with Crippen LogP contribution in [-0.4, -0.2) is 17.4 Å². The molecule has 0 aliphatic rings. The van der Waals surface area contributed by atoms with E-state index in [1.54, 1.807) is 6.92 Å². The van der Waals surface area contributed by atoms with Gasteiger partial charge in [0.1, 0.15) is 5.84 Å². The lowest BCUT2D eigenvalue weighted by Gasteiger charge is -2.28. The van der Waals surface area contributed by atoms with E-state index in [1.807, 2.05) is 38.1 Å². The first kappa shape index (κ1) is 14.0. The van der Waals surface area contributed by atoms with Gasteiger partial charge in [-0.25, -0.2) is 4.79 Å². The SMILES string of the molecule is CCC(C)(NC(=O)Nc1ccc(C)cc1)C(=N)N. The molecule has 2 amide bonds. The standard InChI is InChI=1S/C13H20N4O/c1-4-13(3,11(14)15)17-12(18)16-10-7-5-9(2)6-8-10/h5-8H,4H2,1-3H3,(H3,14,15)(H2,16,17,18). The number of nitrogens with one attached hydrogen (secondary N) is 3. The Balaban J connectivity index is 2.66. The van der Waals surface area contributed by atoms with Gasteiger partial charge in [0.2, 0.25) is 0 Å². The van der Waals surface area contributed by atoms with E-state index >= 15 is 0 Å². The van der Waals surface area contributed by atoms with E-state index in [0.717, 1.165) is 5.56 Å². The minimum absolute atomic E-state index is 0.0518. The largest absolute Gasteiger partial charge is 0.386 e. The normalized spacial score (nSPS) is 13.5. The van der Waals surface area contributed by atoms with Crippen LogP contribution < -0.4 is 16.4 Å². The number of hydrogen-bond acceptors (Lipinski definition) is 2. The van der Waals surface area contributed by atoms with Crippen LogP contribution in [0.1, 0.15) is 25.8 Å². The van der Waals surface area contributed by atoms with Gasteiger partial charge >= 0.3 is 6.03 Å². The van der Waals surface area contributed by atoms with Crippen molar-refractivity contribution in [2.75, 3.05) is 5.32 Å². The highest BCUT2D eigenvalue weighted by Gasteiger charge is 2.27. The molecule has 0 spiro atoms. The van der Waals surface area contributed by atoms with Crippen molar-refractivity contribution in [2.24, 2.45) is 5.73 Å². The Hall–Kier alpha value is -2.04. The van der Waals surface area contributed by atoms with Gasteiger partial charge in [0, 0.05) is 5.69 Å². The van der Waals surface area contributed by atoms with Crippen LogP contribution in [0.25, 0.3) is 0 Å². The fraction of sp³-hybridized carbons (Fsp3) is 0.385. The summed E-state index contributed by atoms with van der Waals surface area (Å²) in [5.74, 6) is -0.0518. The number of benzene rings is 1. The Morgan fingerprint density at radius 2 is 1.94 bits per heavy atom. The summed E-state index contributed by atoms with van der Waals surface area (Å²) in [4.78, 5) is 11.8. The van der Waals surface area contributed by atoms with Crippen molar-refractivity contribution in [1.29, 1.82) is 5.41 Å². The van der Waals surface area contributed by atoms with Crippen LogP contribution in [0.3, 0.4) is 0 Å². The van der Waals surface area contributed by atoms with Crippen LogP contribution in [0.4, 0.5) is 10.5 Å². The molecule has 18 heavy (non-hydrogen) atoms. The second kappa shape index (κ2) is 5.53. The zero-order valence-corrected chi connectivity index (χ0v) is 11.0. The maximum absolute atomic E-state index is 11.8. The second-order valence-corrected chi connectivity index (χ2v) is 4.54. The lowest BCUT2D eigenvalue weighted by molar-refractivity contribution is 0.245. The average Bonchev–Trinajstić information content (AvgIpc) is 2.31. The molecule has 0 saturated carbocycles. The zero-order chi connectivity index (χ0) is 13.8. The number of nitrogens with two attached hydrogens (primary N) is 1. The maximum atomic E-state index is 11.8. The van der Waals surface area contributed by atoms with Gasteiger partial charge in [-0.1, -0.05) is 24.6 Å². The van der Waals surface area contributed by atoms with Gasteiger partial charge in [-0.2, -0.15) is 0 Å². The molecule has 5 heteroatoms. The number of anilines is 1. The number of amidine groups is 1. The minimum atomic E-state index is -0.811. The van der Waals surface area contributed by atoms with Gasteiger partial charge in [-0.05, 0) is 32.4 Å². The summed E-state index contributed by atoms with van der Waals surface area (Å²) in [6.07, 6.45) is 0.559. The molecule has 5 N–H and O–H groups in total. The first-order chi connectivity index (χ1) is 8.37. The third-order valence-corrected chi connectivity index (χ3v) is 3.00. The summed E-state index contributed by atoms with van der Waals surface area (Å²) in [5.41, 5.74) is 6.51. The fourth-order valence-corrected chi connectivity index (χ4v) is 1.40. The first-order valence-electron chi connectivity index (χ1n) is 5.87. The zero-order valence-electron chi connectivity index (χ0n) is 11.0. The number of rotatable bonds is 4. The molecule has 1 unspecified atom stereocenters. The highest BCUT2D eigenvalue weighted by atomic mass is 16.2. The molecule has 1 aromatic rings. The first-order valence-corrected chi connectivity index (χ1v) is 5.87. The van der Waals surface area contributed by atoms with E-state index in [1.165, 1.54) is 0 Å². The Morgan fingerprint density at radius 1 is 1.39 bits per heavy atom. The van der Waals surface area contributed by atoms with Crippen molar-refractivity contribution >= 4 is 17.6 Å². The van der Waals surface area contributed by atoms with E-state index in [4.69, 9.17) is 11.1 Å². The molecule has 0 aliphatic heterocycles. The van der Waals surface area contributed by atoms with Crippen molar-refractivity contribution in [3.63, 3.8) is 0 Å². The van der Waals surface area contributed by atoms with E-state index in [2.05, 4.69) is 10.6 Å². The van der Waals surface area contributed by atoms with Crippen LogP contribution >= 0.6 is 0 Å². The molecule has 1 aromatic carbocycles. The van der Waals surface area contributed by atoms with Crippen molar-refractivity contribution in [1.82, 2.24) is 5.32 Å². The highest BCUT2D eigenvalue weighted by Crippen LogP contribution is 2.11. The van der Waals surface area contributed by atoms with E-state index < -0.39 is 5.54 Å². The Bertz CT molecular complexity index is 441. The minimum Gasteiger partial charge on any atom is -0.386 e. The predicted molar refractivity (Wildman–Crippen MR) is 73.9 cm³/mol. The molecule has 0 saturated heterocycles. The third kappa shape index (κ3) is 3.48. The number of aryl methyl sites for hydroxylation is 1. The molecular weight excluding hydrogens is 228 g/mol. The monoisotopic (exact) mass is 248 g/mol. The third-order valence-electron chi connectivity index (χ3n) is 3.00. The van der Waals surface area contributed by atoms with Gasteiger partial charge < -0.3 is 16.4 Å². The Kier molecular flexibility index (Phi) is 4.31. The Morgan fingerprint density at radius 3 is 2.39 bits per heavy atom. The van der Waals surface area contributed by atoms with Crippen LogP contribution in [-0.2, 0) is 0 Å². The summed E-state index contributed by atoms with van der Waals surface area (Å²) in [6, 6.07) is 7.12. The molecule has 5 nitrogen and oxygen atoms in total. The van der Waals surface area contributed by atoms with Gasteiger partial charge in [0.05, 0.1) is 5.54 Å². The topological polar surface area (TPSA) is 91.0 Å². The maximum Gasteiger partial charge on any atom is 0.320 e.